The molecular formula is C22H19N5OS. The smallest absolute Gasteiger partial charge is 0.200 e. The summed E-state index contributed by atoms with van der Waals surface area (Å²) >= 11 is 1.63. The van der Waals surface area contributed by atoms with Crippen LogP contribution in [-0.4, -0.2) is 24.1 Å². The summed E-state index contributed by atoms with van der Waals surface area (Å²) in [6.45, 7) is 2.76. The topological polar surface area (TPSA) is 61.2 Å². The molecular weight excluding hydrogens is 382 g/mol. The maximum Gasteiger partial charge on any atom is 0.200 e. The van der Waals surface area contributed by atoms with Gasteiger partial charge in [0.15, 0.2) is 10.9 Å². The van der Waals surface area contributed by atoms with Crippen molar-refractivity contribution >= 4 is 17.4 Å². The van der Waals surface area contributed by atoms with Crippen LogP contribution in [0, 0.1) is 6.92 Å². The predicted octanol–water partition coefficient (Wildman–Crippen LogP) is 4.83. The van der Waals surface area contributed by atoms with Crippen molar-refractivity contribution in [1.29, 1.82) is 0 Å². The Bertz CT molecular complexity index is 1240. The van der Waals surface area contributed by atoms with Crippen molar-refractivity contribution in [3.63, 3.8) is 0 Å². The number of fused-ring (bicyclic) bond motifs is 1. The van der Waals surface area contributed by atoms with E-state index >= 15 is 0 Å². The highest BCUT2D eigenvalue weighted by molar-refractivity contribution is 7.98. The summed E-state index contributed by atoms with van der Waals surface area (Å²) in [4.78, 5) is 4.71. The number of thioether (sulfide) groups is 1. The number of furan rings is 1. The van der Waals surface area contributed by atoms with Crippen LogP contribution in [0.25, 0.3) is 17.2 Å². The van der Waals surface area contributed by atoms with Crippen molar-refractivity contribution in [2.45, 2.75) is 24.4 Å². The van der Waals surface area contributed by atoms with Crippen LogP contribution in [0.15, 0.2) is 82.8 Å². The lowest BCUT2D eigenvalue weighted by Crippen LogP contribution is -2.03. The zero-order valence-electron chi connectivity index (χ0n) is 15.9. The quantitative estimate of drug-likeness (QED) is 0.381. The van der Waals surface area contributed by atoms with E-state index in [-0.39, 0.29) is 0 Å². The largest absolute Gasteiger partial charge is 0.461 e. The first-order valence-corrected chi connectivity index (χ1v) is 10.3. The van der Waals surface area contributed by atoms with E-state index in [1.165, 1.54) is 11.1 Å². The van der Waals surface area contributed by atoms with Gasteiger partial charge in [-0.2, -0.15) is 0 Å². The van der Waals surface area contributed by atoms with Gasteiger partial charge in [0, 0.05) is 18.1 Å². The van der Waals surface area contributed by atoms with Gasteiger partial charge >= 0.3 is 0 Å². The Labute approximate surface area is 172 Å². The molecule has 0 saturated carbocycles. The number of imidazole rings is 1. The van der Waals surface area contributed by atoms with Crippen LogP contribution in [0.1, 0.15) is 16.8 Å². The van der Waals surface area contributed by atoms with E-state index in [4.69, 9.17) is 9.40 Å². The minimum Gasteiger partial charge on any atom is -0.461 e. The third kappa shape index (κ3) is 3.69. The lowest BCUT2D eigenvalue weighted by atomic mass is 10.2. The number of aromatic nitrogens is 5. The molecule has 144 valence electrons. The predicted molar refractivity (Wildman–Crippen MR) is 113 cm³/mol. The first kappa shape index (κ1) is 17.8. The van der Waals surface area contributed by atoms with E-state index < -0.39 is 0 Å². The number of benzene rings is 1. The Balaban J connectivity index is 1.44. The monoisotopic (exact) mass is 401 g/mol. The second-order valence-corrected chi connectivity index (χ2v) is 7.79. The molecule has 0 aliphatic heterocycles. The summed E-state index contributed by atoms with van der Waals surface area (Å²) in [6, 6.07) is 18.2. The van der Waals surface area contributed by atoms with Gasteiger partial charge in [0.25, 0.3) is 0 Å². The fraction of sp³-hybridized carbons (Fsp3) is 0.136. The van der Waals surface area contributed by atoms with E-state index in [9.17, 15) is 0 Å². The summed E-state index contributed by atoms with van der Waals surface area (Å²) in [5, 5.41) is 9.67. The fourth-order valence-electron chi connectivity index (χ4n) is 3.26. The fourth-order valence-corrected chi connectivity index (χ4v) is 4.08. The third-order valence-electron chi connectivity index (χ3n) is 4.64. The highest BCUT2D eigenvalue weighted by atomic mass is 32.2. The molecule has 0 amide bonds. The van der Waals surface area contributed by atoms with E-state index in [1.54, 1.807) is 18.0 Å². The van der Waals surface area contributed by atoms with Gasteiger partial charge < -0.3 is 8.82 Å². The summed E-state index contributed by atoms with van der Waals surface area (Å²) in [5.41, 5.74) is 4.35. The number of aryl methyl sites for hydroxylation is 1. The summed E-state index contributed by atoms with van der Waals surface area (Å²) in [6.07, 6.45) is 5.81. The molecule has 0 saturated heterocycles. The Morgan fingerprint density at radius 1 is 0.966 bits per heavy atom. The van der Waals surface area contributed by atoms with Crippen molar-refractivity contribution < 1.29 is 4.42 Å². The standard InChI is InChI=1S/C22H19N5OS/c1-16-9-10-20-23-18(14-26(20)12-16)15-29-22-25-24-21(19-8-5-11-28-19)27(22)13-17-6-3-2-4-7-17/h2-12,14H,13,15H2,1H3. The average molecular weight is 401 g/mol. The highest BCUT2D eigenvalue weighted by Crippen LogP contribution is 2.27. The van der Waals surface area contributed by atoms with Crippen molar-refractivity contribution in [1.82, 2.24) is 24.1 Å². The Hall–Kier alpha value is -3.32. The molecule has 1 aromatic carbocycles. The van der Waals surface area contributed by atoms with Crippen LogP contribution < -0.4 is 0 Å². The molecule has 4 heterocycles. The number of pyridine rings is 1. The summed E-state index contributed by atoms with van der Waals surface area (Å²) in [5.74, 6) is 2.15. The van der Waals surface area contributed by atoms with E-state index in [1.807, 2.05) is 36.4 Å². The molecule has 0 atom stereocenters. The third-order valence-corrected chi connectivity index (χ3v) is 5.64. The highest BCUT2D eigenvalue weighted by Gasteiger charge is 2.17. The minimum absolute atomic E-state index is 0.677. The molecule has 6 nitrogen and oxygen atoms in total. The summed E-state index contributed by atoms with van der Waals surface area (Å²) in [7, 11) is 0. The van der Waals surface area contributed by atoms with Gasteiger partial charge in [-0.25, -0.2) is 4.98 Å². The van der Waals surface area contributed by atoms with Crippen LogP contribution in [-0.2, 0) is 12.3 Å². The molecule has 7 heteroatoms. The molecule has 5 rings (SSSR count). The molecule has 0 radical (unpaired) electrons. The Kier molecular flexibility index (Phi) is 4.65. The van der Waals surface area contributed by atoms with Gasteiger partial charge in [-0.3, -0.25) is 4.57 Å². The molecule has 29 heavy (non-hydrogen) atoms. The van der Waals surface area contributed by atoms with Gasteiger partial charge in [0.2, 0.25) is 5.82 Å². The van der Waals surface area contributed by atoms with E-state index in [2.05, 4.69) is 56.7 Å². The van der Waals surface area contributed by atoms with E-state index in [0.717, 1.165) is 22.3 Å². The van der Waals surface area contributed by atoms with Gasteiger partial charge in [-0.15, -0.1) is 10.2 Å². The first-order chi connectivity index (χ1) is 14.3. The van der Waals surface area contributed by atoms with Gasteiger partial charge in [0.1, 0.15) is 5.65 Å². The van der Waals surface area contributed by atoms with Crippen molar-refractivity contribution in [3.05, 3.63) is 90.1 Å². The zero-order valence-corrected chi connectivity index (χ0v) is 16.7. The maximum absolute atomic E-state index is 5.58. The molecule has 0 unspecified atom stereocenters. The second kappa shape index (κ2) is 7.60. The number of rotatable bonds is 6. The lowest BCUT2D eigenvalue weighted by molar-refractivity contribution is 0.569. The van der Waals surface area contributed by atoms with Gasteiger partial charge in [-0.05, 0) is 36.2 Å². The molecule has 0 aliphatic carbocycles. The SMILES string of the molecule is Cc1ccc2nc(CSc3nnc(-c4ccco4)n3Cc3ccccc3)cn2c1. The minimum atomic E-state index is 0.677. The van der Waals surface area contributed by atoms with Gasteiger partial charge in [-0.1, -0.05) is 48.2 Å². The average Bonchev–Trinajstić information content (AvgIpc) is 3.46. The van der Waals surface area contributed by atoms with E-state index in [0.29, 0.717) is 18.1 Å². The van der Waals surface area contributed by atoms with Crippen molar-refractivity contribution in [2.24, 2.45) is 0 Å². The van der Waals surface area contributed by atoms with Gasteiger partial charge in [0.05, 0.1) is 18.5 Å². The molecule has 0 bridgehead atoms. The molecule has 5 aromatic rings. The number of hydrogen-bond acceptors (Lipinski definition) is 5. The molecule has 0 spiro atoms. The zero-order chi connectivity index (χ0) is 19.6. The maximum atomic E-state index is 5.58. The first-order valence-electron chi connectivity index (χ1n) is 9.34. The number of nitrogens with zero attached hydrogens (tertiary/aromatic N) is 5. The van der Waals surface area contributed by atoms with Crippen LogP contribution in [0.4, 0.5) is 0 Å². The molecule has 0 N–H and O–H groups in total. The summed E-state index contributed by atoms with van der Waals surface area (Å²) < 4.78 is 9.74. The Morgan fingerprint density at radius 3 is 2.69 bits per heavy atom. The Morgan fingerprint density at radius 2 is 1.86 bits per heavy atom. The van der Waals surface area contributed by atoms with Crippen LogP contribution >= 0.6 is 11.8 Å². The lowest BCUT2D eigenvalue weighted by Gasteiger charge is -2.09. The molecule has 0 fully saturated rings. The van der Waals surface area contributed by atoms with Crippen LogP contribution in [0.5, 0.6) is 0 Å². The second-order valence-electron chi connectivity index (χ2n) is 6.85. The number of hydrogen-bond donors (Lipinski definition) is 0. The van der Waals surface area contributed by atoms with Crippen LogP contribution in [0.2, 0.25) is 0 Å². The van der Waals surface area contributed by atoms with Crippen molar-refractivity contribution in [3.8, 4) is 11.6 Å². The molecule has 0 aliphatic rings. The normalized spacial score (nSPS) is 11.3. The molecule has 4 aromatic heterocycles. The van der Waals surface area contributed by atoms with Crippen LogP contribution in [0.3, 0.4) is 0 Å². The van der Waals surface area contributed by atoms with Crippen molar-refractivity contribution in [2.75, 3.05) is 0 Å².